The summed E-state index contributed by atoms with van der Waals surface area (Å²) >= 11 is 17.2. The molecule has 1 aliphatic rings. The molecule has 0 saturated carbocycles. The molecule has 1 aliphatic heterocycles. The molecule has 534 valence electrons. The lowest BCUT2D eigenvalue weighted by molar-refractivity contribution is -0.142. The fourth-order valence-electron chi connectivity index (χ4n) is 11.0. The van der Waals surface area contributed by atoms with E-state index in [4.69, 9.17) is 17.2 Å². The van der Waals surface area contributed by atoms with Crippen LogP contribution in [0.5, 0.6) is 5.75 Å². The monoisotopic (exact) mass is 1440 g/mol. The second kappa shape index (κ2) is 39.6. The summed E-state index contributed by atoms with van der Waals surface area (Å²) in [5.41, 5.74) is 20.6. The molecule has 10 amide bonds. The molecular formula is C67H89N15O13S4. The molecule has 1 fully saturated rings. The number of carboxylic acids is 1. The minimum absolute atomic E-state index is 0.00742. The van der Waals surface area contributed by atoms with Crippen molar-refractivity contribution in [2.45, 2.75) is 138 Å². The summed E-state index contributed by atoms with van der Waals surface area (Å²) in [7, 11) is 0. The van der Waals surface area contributed by atoms with Crippen LogP contribution in [0.3, 0.4) is 0 Å². The molecule has 32 heteroatoms. The highest BCUT2D eigenvalue weighted by Crippen LogP contribution is 2.22. The number of H-pyrrole nitrogens is 1. The van der Waals surface area contributed by atoms with Crippen LogP contribution in [0.25, 0.3) is 10.9 Å². The Bertz CT molecular complexity index is 3610. The van der Waals surface area contributed by atoms with Crippen LogP contribution in [-0.2, 0) is 78.4 Å². The summed E-state index contributed by atoms with van der Waals surface area (Å²) < 4.78 is 0. The molecule has 28 nitrogen and oxygen atoms in total. The van der Waals surface area contributed by atoms with Crippen molar-refractivity contribution >= 4 is 132 Å². The van der Waals surface area contributed by atoms with Crippen LogP contribution in [0, 0.1) is 5.92 Å². The van der Waals surface area contributed by atoms with Crippen molar-refractivity contribution in [2.24, 2.45) is 28.1 Å². The minimum Gasteiger partial charge on any atom is -0.508 e. The lowest BCUT2D eigenvalue weighted by Gasteiger charge is -2.31. The molecule has 12 unspecified atom stereocenters. The van der Waals surface area contributed by atoms with Crippen molar-refractivity contribution in [3.8, 4) is 5.75 Å². The van der Waals surface area contributed by atoms with Crippen molar-refractivity contribution in [3.05, 3.63) is 138 Å². The summed E-state index contributed by atoms with van der Waals surface area (Å²) in [5.74, 6) is -11.3. The first-order valence-corrected chi connectivity index (χ1v) is 34.8. The number of aromatic amines is 1. The zero-order valence-electron chi connectivity index (χ0n) is 54.8. The molecule has 1 aromatic heterocycles. The van der Waals surface area contributed by atoms with Gasteiger partial charge >= 0.3 is 5.97 Å². The topological polar surface area (TPSA) is 446 Å². The van der Waals surface area contributed by atoms with Gasteiger partial charge in [0.25, 0.3) is 0 Å². The lowest BCUT2D eigenvalue weighted by Crippen LogP contribution is -2.62. The lowest BCUT2D eigenvalue weighted by atomic mass is 9.96. The number of amides is 10. The smallest absolute Gasteiger partial charge is 0.326 e. The van der Waals surface area contributed by atoms with E-state index in [9.17, 15) is 63.0 Å². The second-order valence-electron chi connectivity index (χ2n) is 24.0. The van der Waals surface area contributed by atoms with Gasteiger partial charge in [0.2, 0.25) is 59.1 Å². The molecule has 0 bridgehead atoms. The van der Waals surface area contributed by atoms with E-state index in [-0.39, 0.29) is 92.8 Å². The number of carbonyl (C=O) groups excluding carboxylic acids is 10. The number of aliphatic imine (C=N–C) groups is 1. The van der Waals surface area contributed by atoms with Gasteiger partial charge in [0.05, 0.1) is 6.04 Å². The Morgan fingerprint density at radius 3 is 1.58 bits per heavy atom. The van der Waals surface area contributed by atoms with Gasteiger partial charge in [-0.05, 0) is 78.5 Å². The zero-order valence-corrected chi connectivity index (χ0v) is 58.4. The third-order valence-corrected chi connectivity index (χ3v) is 18.2. The average Bonchev–Trinajstić information content (AvgIpc) is 1.74. The molecule has 0 aliphatic carbocycles. The predicted molar refractivity (Wildman–Crippen MR) is 387 cm³/mol. The number of aromatic hydroxyl groups is 1. The first-order chi connectivity index (χ1) is 47.4. The third-order valence-electron chi connectivity index (χ3n) is 16.7. The summed E-state index contributed by atoms with van der Waals surface area (Å²) in [6.07, 6.45) is 2.21. The summed E-state index contributed by atoms with van der Waals surface area (Å²) in [4.78, 5) is 163. The first-order valence-electron chi connectivity index (χ1n) is 32.3. The van der Waals surface area contributed by atoms with Gasteiger partial charge in [-0.2, -0.15) is 50.5 Å². The number of nitrogens with two attached hydrogens (primary N) is 3. The molecule has 18 N–H and O–H groups in total. The van der Waals surface area contributed by atoms with Crippen molar-refractivity contribution < 1.29 is 63.0 Å². The van der Waals surface area contributed by atoms with Crippen molar-refractivity contribution in [1.29, 1.82) is 0 Å². The van der Waals surface area contributed by atoms with E-state index in [0.717, 1.165) is 16.5 Å². The van der Waals surface area contributed by atoms with Crippen LogP contribution in [0.15, 0.2) is 120 Å². The van der Waals surface area contributed by atoms with E-state index in [2.05, 4.69) is 108 Å². The molecule has 2 heterocycles. The highest BCUT2D eigenvalue weighted by Gasteiger charge is 2.41. The molecule has 6 rings (SSSR count). The quantitative estimate of drug-likeness (QED) is 0.0105. The largest absolute Gasteiger partial charge is 0.508 e. The van der Waals surface area contributed by atoms with Crippen LogP contribution < -0.4 is 65.1 Å². The standard InChI is InChI=1S/C67H89N15O13S4/c1-3-37(2)55(81-59(87)48(29-39-16-8-5-9-17-39)75-63(91)54-21-13-27-82(54)65(93)53(36-99)80-62(90)50(33-96)77-56(84)44(68)28-38-14-6-4-7-15-38)64(92)73-46(20-12-26-71-67(69)70)57(85)74-47(30-40-22-24-42(83)25-23-40)58(86)78-52(35-98)61(89)79-51(34-97)60(88)76-49(66(94)95)31-41-32-72-45-19-11-10-18-43(41)45/h4-11,14-19,22-25,32,37,44,46-55,72,83,96-99H,3,12-13,20-21,26-31,33-36,68H2,1-2H3,(H,73,92)(H,74,85)(H,75,91)(H,76,88)(H,77,84)(H,78,86)(H,79,89)(H,80,90)(H,81,87)(H,94,95)(H4,69,70,71). The van der Waals surface area contributed by atoms with Crippen LogP contribution in [0.1, 0.15) is 68.2 Å². The Morgan fingerprint density at radius 2 is 1.02 bits per heavy atom. The van der Waals surface area contributed by atoms with Crippen LogP contribution in [0.2, 0.25) is 0 Å². The molecule has 12 atom stereocenters. The van der Waals surface area contributed by atoms with Gasteiger partial charge in [0.15, 0.2) is 5.96 Å². The van der Waals surface area contributed by atoms with Crippen LogP contribution in [0.4, 0.5) is 0 Å². The average molecular weight is 1440 g/mol. The van der Waals surface area contributed by atoms with Gasteiger partial charge in [-0.1, -0.05) is 111 Å². The molecule has 1 saturated heterocycles. The molecule has 5 aromatic rings. The maximum atomic E-state index is 14.8. The normalized spacial score (nSPS) is 16.0. The number of para-hydroxylation sites is 1. The number of hydrogen-bond donors (Lipinski definition) is 19. The van der Waals surface area contributed by atoms with Crippen molar-refractivity contribution in [3.63, 3.8) is 0 Å². The number of nitrogens with one attached hydrogen (secondary N) is 10. The molecule has 4 aromatic carbocycles. The highest BCUT2D eigenvalue weighted by atomic mass is 32.1. The number of aromatic nitrogens is 1. The van der Waals surface area contributed by atoms with Gasteiger partial charge in [0.1, 0.15) is 66.2 Å². The number of guanidine groups is 1. The number of benzene rings is 4. The Morgan fingerprint density at radius 1 is 0.556 bits per heavy atom. The number of carboxylic acid groups (broad SMARTS) is 1. The van der Waals surface area contributed by atoms with Crippen molar-refractivity contribution in [1.82, 2.24) is 57.7 Å². The number of hydrogen-bond acceptors (Lipinski definition) is 18. The molecule has 0 radical (unpaired) electrons. The van der Waals surface area contributed by atoms with Gasteiger partial charge < -0.3 is 85.1 Å². The number of fused-ring (bicyclic) bond motifs is 1. The number of aliphatic carboxylic acids is 1. The fraction of sp³-hybridized carbons (Fsp3) is 0.433. The Balaban J connectivity index is 1.17. The van der Waals surface area contributed by atoms with E-state index in [0.29, 0.717) is 29.5 Å². The number of carbonyl (C=O) groups is 11. The molecule has 0 spiro atoms. The summed E-state index contributed by atoms with van der Waals surface area (Å²) in [6, 6.07) is 16.1. The van der Waals surface area contributed by atoms with Gasteiger partial charge in [0, 0.05) is 72.5 Å². The van der Waals surface area contributed by atoms with Crippen molar-refractivity contribution in [2.75, 3.05) is 36.1 Å². The predicted octanol–water partition coefficient (Wildman–Crippen LogP) is -0.271. The van der Waals surface area contributed by atoms with Gasteiger partial charge in [-0.25, -0.2) is 4.79 Å². The maximum absolute atomic E-state index is 14.8. The Hall–Kier alpha value is -8.98. The zero-order chi connectivity index (χ0) is 72.3. The highest BCUT2D eigenvalue weighted by molar-refractivity contribution is 7.80. The number of likely N-dealkylation sites (tertiary alicyclic amines) is 1. The molecule has 99 heavy (non-hydrogen) atoms. The second-order valence-corrected chi connectivity index (χ2v) is 25.4. The van der Waals surface area contributed by atoms with E-state index in [1.54, 1.807) is 74.6 Å². The summed E-state index contributed by atoms with van der Waals surface area (Å²) in [5, 5.41) is 44.8. The third kappa shape index (κ3) is 23.9. The van der Waals surface area contributed by atoms with Crippen LogP contribution in [-0.4, -0.2) is 194 Å². The maximum Gasteiger partial charge on any atom is 0.326 e. The van der Waals surface area contributed by atoms with Gasteiger partial charge in [-0.15, -0.1) is 0 Å². The van der Waals surface area contributed by atoms with E-state index >= 15 is 0 Å². The number of rotatable bonds is 38. The Kier molecular flexibility index (Phi) is 31.6. The van der Waals surface area contributed by atoms with E-state index in [1.807, 2.05) is 30.3 Å². The summed E-state index contributed by atoms with van der Waals surface area (Å²) in [6.45, 7) is 3.55. The number of thiol groups is 4. The number of phenolic OH excluding ortho intramolecular Hbond substituents is 1. The first kappa shape index (κ1) is 79.0. The van der Waals surface area contributed by atoms with E-state index < -0.39 is 137 Å². The van der Waals surface area contributed by atoms with Gasteiger partial charge in [-0.3, -0.25) is 52.9 Å². The number of nitrogens with zero attached hydrogens (tertiary/aromatic N) is 2. The minimum atomic E-state index is -1.51. The Labute approximate surface area is 595 Å². The molecular weight excluding hydrogens is 1350 g/mol. The SMILES string of the molecule is CCC(C)C(NC(=O)C(Cc1ccccc1)NC(=O)C1CCCN1C(=O)C(CS)NC(=O)C(CS)NC(=O)C(N)Cc1ccccc1)C(=O)NC(CCCN=C(N)N)C(=O)NC(Cc1ccc(O)cc1)C(=O)NC(CS)C(=O)NC(CS)C(=O)NC(Cc1c[nH]c2ccccc12)C(=O)O. The van der Waals surface area contributed by atoms with Crippen LogP contribution >= 0.6 is 50.5 Å². The fourth-order valence-corrected chi connectivity index (χ4v) is 12.0. The number of phenols is 1. The van der Waals surface area contributed by atoms with E-state index in [1.165, 1.54) is 29.2 Å².